The lowest BCUT2D eigenvalue weighted by Crippen LogP contribution is -2.27. The summed E-state index contributed by atoms with van der Waals surface area (Å²) < 4.78 is 13.0. The van der Waals surface area contributed by atoms with E-state index in [1.807, 2.05) is 12.1 Å². The summed E-state index contributed by atoms with van der Waals surface area (Å²) in [6, 6.07) is 17.6. The monoisotopic (exact) mass is 285 g/mol. The van der Waals surface area contributed by atoms with Crippen molar-refractivity contribution in [2.75, 3.05) is 6.54 Å². The topological polar surface area (TPSA) is 12.0 Å². The molecule has 0 fully saturated rings. The SMILES string of the molecule is CC(NCC(c1ccccc1)C(C)C)c1ccc(F)cc1. The summed E-state index contributed by atoms with van der Waals surface area (Å²) >= 11 is 0. The zero-order valence-corrected chi connectivity index (χ0v) is 13.0. The van der Waals surface area contributed by atoms with Crippen LogP contribution >= 0.6 is 0 Å². The van der Waals surface area contributed by atoms with Crippen LogP contribution in [0.2, 0.25) is 0 Å². The van der Waals surface area contributed by atoms with Crippen LogP contribution in [0.5, 0.6) is 0 Å². The molecule has 2 heteroatoms. The van der Waals surface area contributed by atoms with Gasteiger partial charge in [0.25, 0.3) is 0 Å². The predicted octanol–water partition coefficient (Wildman–Crippen LogP) is 4.92. The van der Waals surface area contributed by atoms with Gasteiger partial charge >= 0.3 is 0 Å². The Balaban J connectivity index is 2.00. The Kier molecular flexibility index (Phi) is 5.51. The number of rotatable bonds is 6. The van der Waals surface area contributed by atoms with E-state index < -0.39 is 0 Å². The van der Waals surface area contributed by atoms with Gasteiger partial charge < -0.3 is 5.32 Å². The Morgan fingerprint density at radius 2 is 1.48 bits per heavy atom. The molecule has 1 N–H and O–H groups in total. The molecule has 2 rings (SSSR count). The standard InChI is InChI=1S/C19H24FN/c1-14(2)19(17-7-5-4-6-8-17)13-21-15(3)16-9-11-18(20)12-10-16/h4-12,14-15,19,21H,13H2,1-3H3. The smallest absolute Gasteiger partial charge is 0.123 e. The fourth-order valence-electron chi connectivity index (χ4n) is 2.61. The maximum Gasteiger partial charge on any atom is 0.123 e. The predicted molar refractivity (Wildman–Crippen MR) is 86.8 cm³/mol. The van der Waals surface area contributed by atoms with Crippen molar-refractivity contribution >= 4 is 0 Å². The van der Waals surface area contributed by atoms with Gasteiger partial charge in [-0.1, -0.05) is 56.3 Å². The Morgan fingerprint density at radius 1 is 0.857 bits per heavy atom. The molecule has 0 aliphatic carbocycles. The van der Waals surface area contributed by atoms with Crippen molar-refractivity contribution in [3.8, 4) is 0 Å². The van der Waals surface area contributed by atoms with Gasteiger partial charge in [0.15, 0.2) is 0 Å². The molecular formula is C19H24FN. The molecule has 2 atom stereocenters. The molecule has 0 aliphatic rings. The highest BCUT2D eigenvalue weighted by atomic mass is 19.1. The van der Waals surface area contributed by atoms with Crippen LogP contribution in [-0.4, -0.2) is 6.54 Å². The molecule has 0 amide bonds. The first-order valence-corrected chi connectivity index (χ1v) is 7.61. The van der Waals surface area contributed by atoms with Crippen LogP contribution in [0.25, 0.3) is 0 Å². The number of hydrogen-bond acceptors (Lipinski definition) is 1. The summed E-state index contributed by atoms with van der Waals surface area (Å²) in [5.74, 6) is 0.865. The van der Waals surface area contributed by atoms with Crippen LogP contribution < -0.4 is 5.32 Å². The Morgan fingerprint density at radius 3 is 2.05 bits per heavy atom. The quantitative estimate of drug-likeness (QED) is 0.794. The minimum Gasteiger partial charge on any atom is -0.310 e. The van der Waals surface area contributed by atoms with E-state index in [0.29, 0.717) is 11.8 Å². The third-order valence-electron chi connectivity index (χ3n) is 4.05. The molecule has 0 saturated heterocycles. The normalized spacial score (nSPS) is 14.1. The van der Waals surface area contributed by atoms with Gasteiger partial charge in [0.2, 0.25) is 0 Å². The summed E-state index contributed by atoms with van der Waals surface area (Å²) in [5, 5.41) is 3.58. The van der Waals surface area contributed by atoms with Gasteiger partial charge in [-0.05, 0) is 42.0 Å². The highest BCUT2D eigenvalue weighted by Gasteiger charge is 2.16. The molecule has 0 bridgehead atoms. The first-order valence-electron chi connectivity index (χ1n) is 7.61. The summed E-state index contributed by atoms with van der Waals surface area (Å²) in [6.07, 6.45) is 0. The van der Waals surface area contributed by atoms with Crippen molar-refractivity contribution in [1.29, 1.82) is 0 Å². The van der Waals surface area contributed by atoms with Gasteiger partial charge in [-0.15, -0.1) is 0 Å². The number of nitrogens with one attached hydrogen (secondary N) is 1. The van der Waals surface area contributed by atoms with Gasteiger partial charge in [-0.25, -0.2) is 4.39 Å². The van der Waals surface area contributed by atoms with E-state index in [0.717, 1.165) is 12.1 Å². The molecule has 2 aromatic carbocycles. The van der Waals surface area contributed by atoms with E-state index in [4.69, 9.17) is 0 Å². The molecule has 112 valence electrons. The van der Waals surface area contributed by atoms with E-state index >= 15 is 0 Å². The van der Waals surface area contributed by atoms with Gasteiger partial charge in [0.1, 0.15) is 5.82 Å². The van der Waals surface area contributed by atoms with Crippen molar-refractivity contribution in [2.45, 2.75) is 32.7 Å². The molecule has 0 aromatic heterocycles. The van der Waals surface area contributed by atoms with Gasteiger partial charge in [-0.3, -0.25) is 0 Å². The first-order chi connectivity index (χ1) is 10.1. The Hall–Kier alpha value is -1.67. The van der Waals surface area contributed by atoms with Gasteiger partial charge in [0, 0.05) is 12.6 Å². The fourth-order valence-corrected chi connectivity index (χ4v) is 2.61. The van der Waals surface area contributed by atoms with Crippen LogP contribution in [0.15, 0.2) is 54.6 Å². The third kappa shape index (κ3) is 4.40. The molecular weight excluding hydrogens is 261 g/mol. The first kappa shape index (κ1) is 15.7. The van der Waals surface area contributed by atoms with E-state index in [-0.39, 0.29) is 11.9 Å². The molecule has 0 heterocycles. The average molecular weight is 285 g/mol. The van der Waals surface area contributed by atoms with Crippen LogP contribution in [0, 0.1) is 11.7 Å². The molecule has 21 heavy (non-hydrogen) atoms. The van der Waals surface area contributed by atoms with E-state index in [2.05, 4.69) is 56.4 Å². The zero-order valence-electron chi connectivity index (χ0n) is 13.0. The Labute approximate surface area is 127 Å². The lowest BCUT2D eigenvalue weighted by atomic mass is 9.88. The molecule has 0 saturated carbocycles. The molecule has 0 spiro atoms. The maximum atomic E-state index is 13.0. The second-order valence-corrected chi connectivity index (χ2v) is 5.94. The van der Waals surface area contributed by atoms with E-state index in [1.165, 1.54) is 17.7 Å². The lowest BCUT2D eigenvalue weighted by molar-refractivity contribution is 0.436. The van der Waals surface area contributed by atoms with Crippen molar-refractivity contribution in [3.63, 3.8) is 0 Å². The second kappa shape index (κ2) is 7.37. The van der Waals surface area contributed by atoms with Crippen molar-refractivity contribution in [1.82, 2.24) is 5.32 Å². The molecule has 0 aliphatic heterocycles. The summed E-state index contributed by atoms with van der Waals surface area (Å²) in [7, 11) is 0. The van der Waals surface area contributed by atoms with Crippen LogP contribution in [0.4, 0.5) is 4.39 Å². The highest BCUT2D eigenvalue weighted by molar-refractivity contribution is 5.22. The zero-order chi connectivity index (χ0) is 15.2. The van der Waals surface area contributed by atoms with Crippen LogP contribution in [-0.2, 0) is 0 Å². The van der Waals surface area contributed by atoms with Crippen molar-refractivity contribution in [2.24, 2.45) is 5.92 Å². The molecule has 0 radical (unpaired) electrons. The number of hydrogen-bond donors (Lipinski definition) is 1. The minimum absolute atomic E-state index is 0.185. The number of halogens is 1. The third-order valence-corrected chi connectivity index (χ3v) is 4.05. The van der Waals surface area contributed by atoms with Crippen LogP contribution in [0.3, 0.4) is 0 Å². The van der Waals surface area contributed by atoms with E-state index in [9.17, 15) is 4.39 Å². The maximum absolute atomic E-state index is 13.0. The second-order valence-electron chi connectivity index (χ2n) is 5.94. The minimum atomic E-state index is -0.185. The Bertz CT molecular complexity index is 533. The van der Waals surface area contributed by atoms with E-state index in [1.54, 1.807) is 0 Å². The van der Waals surface area contributed by atoms with Crippen LogP contribution in [0.1, 0.15) is 43.9 Å². The molecule has 1 nitrogen and oxygen atoms in total. The average Bonchev–Trinajstić information content (AvgIpc) is 2.48. The van der Waals surface area contributed by atoms with Crippen molar-refractivity contribution in [3.05, 3.63) is 71.5 Å². The fraction of sp³-hybridized carbons (Fsp3) is 0.368. The highest BCUT2D eigenvalue weighted by Crippen LogP contribution is 2.24. The molecule has 2 unspecified atom stereocenters. The summed E-state index contributed by atoms with van der Waals surface area (Å²) in [5.41, 5.74) is 2.48. The molecule has 2 aromatic rings. The summed E-state index contributed by atoms with van der Waals surface area (Å²) in [4.78, 5) is 0. The number of benzene rings is 2. The lowest BCUT2D eigenvalue weighted by Gasteiger charge is -2.24. The largest absolute Gasteiger partial charge is 0.310 e. The van der Waals surface area contributed by atoms with Crippen molar-refractivity contribution < 1.29 is 4.39 Å². The van der Waals surface area contributed by atoms with Gasteiger partial charge in [-0.2, -0.15) is 0 Å². The van der Waals surface area contributed by atoms with Gasteiger partial charge in [0.05, 0.1) is 0 Å². The summed E-state index contributed by atoms with van der Waals surface area (Å²) in [6.45, 7) is 7.54.